The van der Waals surface area contributed by atoms with Crippen LogP contribution in [0.15, 0.2) is 24.3 Å². The van der Waals surface area contributed by atoms with Crippen molar-refractivity contribution >= 4 is 5.97 Å². The third-order valence-corrected chi connectivity index (χ3v) is 2.43. The van der Waals surface area contributed by atoms with Gasteiger partial charge in [0.25, 0.3) is 0 Å². The Kier molecular flexibility index (Phi) is 4.96. The SMILES string of the molecule is CCCC(C(=O)OCC)c1ccccc1F. The van der Waals surface area contributed by atoms with Crippen LogP contribution in [0.1, 0.15) is 38.2 Å². The van der Waals surface area contributed by atoms with Gasteiger partial charge in [-0.2, -0.15) is 0 Å². The molecule has 0 aliphatic heterocycles. The number of benzene rings is 1. The maximum Gasteiger partial charge on any atom is 0.313 e. The number of esters is 1. The van der Waals surface area contributed by atoms with E-state index >= 15 is 0 Å². The highest BCUT2D eigenvalue weighted by Crippen LogP contribution is 2.25. The fraction of sp³-hybridized carbons (Fsp3) is 0.462. The zero-order chi connectivity index (χ0) is 12.0. The van der Waals surface area contributed by atoms with Gasteiger partial charge in [0.05, 0.1) is 12.5 Å². The van der Waals surface area contributed by atoms with Crippen LogP contribution < -0.4 is 0 Å². The first kappa shape index (κ1) is 12.7. The molecule has 0 aliphatic carbocycles. The maximum absolute atomic E-state index is 13.6. The van der Waals surface area contributed by atoms with Crippen LogP contribution in [0.2, 0.25) is 0 Å². The molecule has 0 fully saturated rings. The van der Waals surface area contributed by atoms with E-state index in [2.05, 4.69) is 0 Å². The summed E-state index contributed by atoms with van der Waals surface area (Å²) >= 11 is 0. The molecule has 0 spiro atoms. The van der Waals surface area contributed by atoms with Gasteiger partial charge in [0.2, 0.25) is 0 Å². The molecule has 0 radical (unpaired) electrons. The average Bonchev–Trinajstić information content (AvgIpc) is 2.27. The quantitative estimate of drug-likeness (QED) is 0.717. The first-order valence-corrected chi connectivity index (χ1v) is 5.61. The van der Waals surface area contributed by atoms with Crippen LogP contribution in [0.3, 0.4) is 0 Å². The Morgan fingerprint density at radius 3 is 2.62 bits per heavy atom. The van der Waals surface area contributed by atoms with E-state index in [1.807, 2.05) is 6.92 Å². The second-order valence-corrected chi connectivity index (χ2v) is 3.61. The molecule has 1 aromatic carbocycles. The summed E-state index contributed by atoms with van der Waals surface area (Å²) < 4.78 is 18.5. The molecule has 0 aliphatic rings. The summed E-state index contributed by atoms with van der Waals surface area (Å²) in [5.41, 5.74) is 0.433. The van der Waals surface area contributed by atoms with E-state index in [9.17, 15) is 9.18 Å². The first-order chi connectivity index (χ1) is 7.70. The lowest BCUT2D eigenvalue weighted by atomic mass is 9.94. The van der Waals surface area contributed by atoms with E-state index in [0.717, 1.165) is 6.42 Å². The normalized spacial score (nSPS) is 12.2. The summed E-state index contributed by atoms with van der Waals surface area (Å²) in [6, 6.07) is 6.37. The van der Waals surface area contributed by atoms with Gasteiger partial charge in [0.15, 0.2) is 0 Å². The highest BCUT2D eigenvalue weighted by molar-refractivity contribution is 5.78. The van der Waals surface area contributed by atoms with Gasteiger partial charge in [-0.25, -0.2) is 4.39 Å². The lowest BCUT2D eigenvalue weighted by molar-refractivity contribution is -0.145. The van der Waals surface area contributed by atoms with Gasteiger partial charge in [0, 0.05) is 5.56 Å². The van der Waals surface area contributed by atoms with Crippen molar-refractivity contribution in [3.8, 4) is 0 Å². The van der Waals surface area contributed by atoms with E-state index in [1.165, 1.54) is 6.07 Å². The Labute approximate surface area is 95.4 Å². The summed E-state index contributed by atoms with van der Waals surface area (Å²) in [5, 5.41) is 0. The summed E-state index contributed by atoms with van der Waals surface area (Å²) in [4.78, 5) is 11.7. The molecular weight excluding hydrogens is 207 g/mol. The summed E-state index contributed by atoms with van der Waals surface area (Å²) in [6.45, 7) is 4.04. The van der Waals surface area contributed by atoms with Crippen LogP contribution in [0.4, 0.5) is 4.39 Å². The summed E-state index contributed by atoms with van der Waals surface area (Å²) in [5.74, 6) is -1.16. The Hall–Kier alpha value is -1.38. The first-order valence-electron chi connectivity index (χ1n) is 5.61. The number of halogens is 1. The molecule has 1 rings (SSSR count). The molecule has 88 valence electrons. The standard InChI is InChI=1S/C13H17FO2/c1-3-7-11(13(15)16-4-2)10-8-5-6-9-12(10)14/h5-6,8-9,11H,3-4,7H2,1-2H3. The van der Waals surface area contributed by atoms with Gasteiger partial charge in [-0.3, -0.25) is 4.79 Å². The minimum absolute atomic E-state index is 0.327. The van der Waals surface area contributed by atoms with Crippen LogP contribution in [0.5, 0.6) is 0 Å². The minimum atomic E-state index is -0.480. The van der Waals surface area contributed by atoms with Gasteiger partial charge in [-0.1, -0.05) is 31.5 Å². The smallest absolute Gasteiger partial charge is 0.313 e. The summed E-state index contributed by atoms with van der Waals surface area (Å²) in [7, 11) is 0. The Bertz CT molecular complexity index is 350. The number of hydrogen-bond donors (Lipinski definition) is 0. The van der Waals surface area contributed by atoms with Crippen molar-refractivity contribution in [2.24, 2.45) is 0 Å². The Balaban J connectivity index is 2.93. The third kappa shape index (κ3) is 3.05. The number of carbonyl (C=O) groups excluding carboxylic acids is 1. The van der Waals surface area contributed by atoms with Crippen molar-refractivity contribution in [2.75, 3.05) is 6.61 Å². The van der Waals surface area contributed by atoms with Crippen LogP contribution >= 0.6 is 0 Å². The number of rotatable bonds is 5. The highest BCUT2D eigenvalue weighted by Gasteiger charge is 2.23. The fourth-order valence-corrected chi connectivity index (χ4v) is 1.69. The Morgan fingerprint density at radius 2 is 2.06 bits per heavy atom. The zero-order valence-corrected chi connectivity index (χ0v) is 9.70. The molecule has 0 saturated carbocycles. The van der Waals surface area contributed by atoms with Gasteiger partial charge in [-0.05, 0) is 19.4 Å². The fourth-order valence-electron chi connectivity index (χ4n) is 1.69. The van der Waals surface area contributed by atoms with Crippen molar-refractivity contribution in [1.29, 1.82) is 0 Å². The van der Waals surface area contributed by atoms with E-state index in [1.54, 1.807) is 25.1 Å². The second kappa shape index (κ2) is 6.26. The van der Waals surface area contributed by atoms with Crippen molar-refractivity contribution in [1.82, 2.24) is 0 Å². The minimum Gasteiger partial charge on any atom is -0.466 e. The molecule has 16 heavy (non-hydrogen) atoms. The lowest BCUT2D eigenvalue weighted by Crippen LogP contribution is -2.17. The third-order valence-electron chi connectivity index (χ3n) is 2.43. The predicted molar refractivity (Wildman–Crippen MR) is 60.7 cm³/mol. The van der Waals surface area contributed by atoms with Crippen LogP contribution in [-0.2, 0) is 9.53 Å². The van der Waals surface area contributed by atoms with Crippen molar-refractivity contribution in [3.05, 3.63) is 35.6 Å². The number of ether oxygens (including phenoxy) is 1. The van der Waals surface area contributed by atoms with Gasteiger partial charge >= 0.3 is 5.97 Å². The molecule has 0 bridgehead atoms. The zero-order valence-electron chi connectivity index (χ0n) is 9.70. The largest absolute Gasteiger partial charge is 0.466 e. The van der Waals surface area contributed by atoms with Gasteiger partial charge in [0.1, 0.15) is 5.82 Å². The molecule has 1 atom stereocenters. The maximum atomic E-state index is 13.6. The summed E-state index contributed by atoms with van der Waals surface area (Å²) in [6.07, 6.45) is 1.43. The van der Waals surface area contributed by atoms with Crippen molar-refractivity contribution < 1.29 is 13.9 Å². The van der Waals surface area contributed by atoms with Gasteiger partial charge in [-0.15, -0.1) is 0 Å². The molecule has 0 N–H and O–H groups in total. The van der Waals surface area contributed by atoms with Crippen LogP contribution in [0.25, 0.3) is 0 Å². The molecule has 0 saturated heterocycles. The van der Waals surface area contributed by atoms with Crippen LogP contribution in [0, 0.1) is 5.82 Å². The molecule has 3 heteroatoms. The van der Waals surface area contributed by atoms with Crippen LogP contribution in [-0.4, -0.2) is 12.6 Å². The molecule has 0 amide bonds. The van der Waals surface area contributed by atoms with E-state index in [4.69, 9.17) is 4.74 Å². The van der Waals surface area contributed by atoms with Crippen molar-refractivity contribution in [2.45, 2.75) is 32.6 Å². The highest BCUT2D eigenvalue weighted by atomic mass is 19.1. The number of carbonyl (C=O) groups is 1. The predicted octanol–water partition coefficient (Wildman–Crippen LogP) is 3.27. The average molecular weight is 224 g/mol. The molecule has 1 aromatic rings. The van der Waals surface area contributed by atoms with Crippen molar-refractivity contribution in [3.63, 3.8) is 0 Å². The second-order valence-electron chi connectivity index (χ2n) is 3.61. The Morgan fingerprint density at radius 1 is 1.38 bits per heavy atom. The molecule has 0 heterocycles. The molecule has 1 unspecified atom stereocenters. The monoisotopic (exact) mass is 224 g/mol. The van der Waals surface area contributed by atoms with Gasteiger partial charge < -0.3 is 4.74 Å². The topological polar surface area (TPSA) is 26.3 Å². The molecular formula is C13H17FO2. The molecule has 0 aromatic heterocycles. The molecule has 2 nitrogen and oxygen atoms in total. The number of hydrogen-bond acceptors (Lipinski definition) is 2. The van der Waals surface area contributed by atoms with E-state index in [0.29, 0.717) is 18.6 Å². The van der Waals surface area contributed by atoms with E-state index < -0.39 is 5.92 Å². The lowest BCUT2D eigenvalue weighted by Gasteiger charge is -2.15. The van der Waals surface area contributed by atoms with E-state index in [-0.39, 0.29) is 11.8 Å².